The van der Waals surface area contributed by atoms with Gasteiger partial charge in [-0.2, -0.15) is 9.29 Å². The van der Waals surface area contributed by atoms with Gasteiger partial charge in [0.1, 0.15) is 22.3 Å². The number of methoxy groups -OCH3 is 1. The van der Waals surface area contributed by atoms with E-state index in [0.29, 0.717) is 19.0 Å². The Morgan fingerprint density at radius 2 is 1.89 bits per heavy atom. The highest BCUT2D eigenvalue weighted by Crippen LogP contribution is 2.28. The highest BCUT2D eigenvalue weighted by Gasteiger charge is 2.32. The van der Waals surface area contributed by atoms with E-state index in [0.717, 1.165) is 24.1 Å². The minimum absolute atomic E-state index is 0.126. The molecule has 0 unspecified atom stereocenters. The van der Waals surface area contributed by atoms with E-state index in [4.69, 9.17) is 4.74 Å². The molecule has 1 aliphatic heterocycles. The lowest BCUT2D eigenvalue weighted by atomic mass is 10.3. The maximum absolute atomic E-state index is 13.6. The molecule has 1 saturated heterocycles. The molecule has 0 aliphatic carbocycles. The number of halogens is 1. The standard InChI is InChI=1S/C18H24FN5O3S/c1-4-20-17-11-13(2)21-18(22-17)23-7-9-24(10-8-23)28(25,26)16-12-14(19)5-6-15(16)27-3/h5-6,11-12H,4,7-10H2,1-3H3,(H,20,21,22). The van der Waals surface area contributed by atoms with E-state index >= 15 is 0 Å². The second-order valence-electron chi connectivity index (χ2n) is 6.41. The lowest BCUT2D eigenvalue weighted by Gasteiger charge is -2.34. The predicted molar refractivity (Wildman–Crippen MR) is 105 cm³/mol. The van der Waals surface area contributed by atoms with Crippen LogP contribution < -0.4 is 15.0 Å². The number of sulfonamides is 1. The number of aromatic nitrogens is 2. The summed E-state index contributed by atoms with van der Waals surface area (Å²) in [5.41, 5.74) is 0.834. The van der Waals surface area contributed by atoms with Gasteiger partial charge in [-0.15, -0.1) is 0 Å². The first kappa shape index (κ1) is 20.3. The third-order valence-corrected chi connectivity index (χ3v) is 6.39. The van der Waals surface area contributed by atoms with Gasteiger partial charge in [0.2, 0.25) is 16.0 Å². The third kappa shape index (κ3) is 4.17. The number of rotatable bonds is 6. The van der Waals surface area contributed by atoms with Crippen molar-refractivity contribution in [3.05, 3.63) is 35.8 Å². The summed E-state index contributed by atoms with van der Waals surface area (Å²) < 4.78 is 46.0. The van der Waals surface area contributed by atoms with Gasteiger partial charge in [0.25, 0.3) is 0 Å². The van der Waals surface area contributed by atoms with E-state index in [1.54, 1.807) is 0 Å². The number of piperazine rings is 1. The van der Waals surface area contributed by atoms with Crippen LogP contribution in [0.1, 0.15) is 12.6 Å². The first-order chi connectivity index (χ1) is 13.3. The maximum Gasteiger partial charge on any atom is 0.246 e. The van der Waals surface area contributed by atoms with E-state index in [-0.39, 0.29) is 23.7 Å². The van der Waals surface area contributed by atoms with Gasteiger partial charge in [0, 0.05) is 44.5 Å². The van der Waals surface area contributed by atoms with Crippen molar-refractivity contribution in [2.24, 2.45) is 0 Å². The number of ether oxygens (including phenoxy) is 1. The van der Waals surface area contributed by atoms with E-state index in [1.807, 2.05) is 24.8 Å². The number of nitrogens with zero attached hydrogens (tertiary/aromatic N) is 4. The van der Waals surface area contributed by atoms with Gasteiger partial charge in [-0.3, -0.25) is 0 Å². The van der Waals surface area contributed by atoms with Crippen molar-refractivity contribution in [3.63, 3.8) is 0 Å². The number of benzene rings is 1. The lowest BCUT2D eigenvalue weighted by Crippen LogP contribution is -2.49. The van der Waals surface area contributed by atoms with E-state index in [1.165, 1.54) is 23.5 Å². The van der Waals surface area contributed by atoms with E-state index < -0.39 is 15.8 Å². The molecule has 1 aliphatic rings. The van der Waals surface area contributed by atoms with Crippen molar-refractivity contribution in [3.8, 4) is 5.75 Å². The van der Waals surface area contributed by atoms with E-state index in [9.17, 15) is 12.8 Å². The Bertz CT molecular complexity index is 946. The molecule has 1 N–H and O–H groups in total. The molecule has 1 fully saturated rings. The normalized spacial score (nSPS) is 15.5. The molecule has 0 radical (unpaired) electrons. The molecule has 0 saturated carbocycles. The SMILES string of the molecule is CCNc1cc(C)nc(N2CCN(S(=O)(=O)c3cc(F)ccc3OC)CC2)n1. The number of aryl methyl sites for hydroxylation is 1. The summed E-state index contributed by atoms with van der Waals surface area (Å²) in [5, 5.41) is 3.17. The summed E-state index contributed by atoms with van der Waals surface area (Å²) in [7, 11) is -2.51. The van der Waals surface area contributed by atoms with Gasteiger partial charge in [-0.25, -0.2) is 17.8 Å². The van der Waals surface area contributed by atoms with Crippen LogP contribution in [0.5, 0.6) is 5.75 Å². The van der Waals surface area contributed by atoms with Crippen LogP contribution in [0, 0.1) is 12.7 Å². The van der Waals surface area contributed by atoms with Crippen molar-refractivity contribution in [1.29, 1.82) is 0 Å². The fourth-order valence-electron chi connectivity index (χ4n) is 3.09. The molecule has 152 valence electrons. The Balaban J connectivity index is 1.78. The quantitative estimate of drug-likeness (QED) is 0.779. The number of hydrogen-bond donors (Lipinski definition) is 1. The van der Waals surface area contributed by atoms with Crippen LogP contribution in [0.3, 0.4) is 0 Å². The van der Waals surface area contributed by atoms with Gasteiger partial charge in [-0.1, -0.05) is 0 Å². The molecule has 1 aromatic carbocycles. The molecule has 8 nitrogen and oxygen atoms in total. The lowest BCUT2D eigenvalue weighted by molar-refractivity contribution is 0.371. The zero-order valence-electron chi connectivity index (χ0n) is 16.1. The molecule has 0 amide bonds. The summed E-state index contributed by atoms with van der Waals surface area (Å²) >= 11 is 0. The first-order valence-corrected chi connectivity index (χ1v) is 10.5. The Kier molecular flexibility index (Phi) is 5.99. The van der Waals surface area contributed by atoms with Crippen molar-refractivity contribution in [2.45, 2.75) is 18.7 Å². The Labute approximate surface area is 164 Å². The molecular weight excluding hydrogens is 385 g/mol. The van der Waals surface area contributed by atoms with E-state index in [2.05, 4.69) is 15.3 Å². The largest absolute Gasteiger partial charge is 0.495 e. The average Bonchev–Trinajstić information content (AvgIpc) is 2.68. The highest BCUT2D eigenvalue weighted by molar-refractivity contribution is 7.89. The molecule has 2 heterocycles. The van der Waals surface area contributed by atoms with Gasteiger partial charge in [-0.05, 0) is 32.0 Å². The van der Waals surface area contributed by atoms with Crippen molar-refractivity contribution >= 4 is 21.8 Å². The van der Waals surface area contributed by atoms with Crippen LogP contribution in [-0.4, -0.2) is 62.5 Å². The molecule has 0 atom stereocenters. The fraction of sp³-hybridized carbons (Fsp3) is 0.444. The average molecular weight is 409 g/mol. The van der Waals surface area contributed by atoms with Crippen LogP contribution in [0.15, 0.2) is 29.2 Å². The van der Waals surface area contributed by atoms with Crippen LogP contribution in [0.4, 0.5) is 16.2 Å². The summed E-state index contributed by atoms with van der Waals surface area (Å²) in [5.74, 6) is 0.809. The topological polar surface area (TPSA) is 87.7 Å². The summed E-state index contributed by atoms with van der Waals surface area (Å²) in [6, 6.07) is 5.35. The van der Waals surface area contributed by atoms with Gasteiger partial charge in [0.05, 0.1) is 7.11 Å². The van der Waals surface area contributed by atoms with Crippen LogP contribution in [0.25, 0.3) is 0 Å². The fourth-order valence-corrected chi connectivity index (χ4v) is 4.67. The number of anilines is 2. The molecule has 0 bridgehead atoms. The second kappa shape index (κ2) is 8.27. The minimum Gasteiger partial charge on any atom is -0.495 e. The molecule has 10 heteroatoms. The molecule has 28 heavy (non-hydrogen) atoms. The highest BCUT2D eigenvalue weighted by atomic mass is 32.2. The zero-order chi connectivity index (χ0) is 20.3. The summed E-state index contributed by atoms with van der Waals surface area (Å²) in [6.45, 7) is 5.99. The molecule has 2 aromatic rings. The van der Waals surface area contributed by atoms with Gasteiger partial charge in [0.15, 0.2) is 0 Å². The molecule has 0 spiro atoms. The summed E-state index contributed by atoms with van der Waals surface area (Å²) in [6.07, 6.45) is 0. The molecule has 3 rings (SSSR count). The second-order valence-corrected chi connectivity index (χ2v) is 8.32. The monoisotopic (exact) mass is 409 g/mol. The van der Waals surface area contributed by atoms with Gasteiger partial charge < -0.3 is 15.0 Å². The van der Waals surface area contributed by atoms with Crippen molar-refractivity contribution in [2.75, 3.05) is 50.1 Å². The smallest absolute Gasteiger partial charge is 0.246 e. The summed E-state index contributed by atoms with van der Waals surface area (Å²) in [4.78, 5) is 10.7. The van der Waals surface area contributed by atoms with Crippen LogP contribution in [-0.2, 0) is 10.0 Å². The van der Waals surface area contributed by atoms with Crippen molar-refractivity contribution < 1.29 is 17.5 Å². The number of hydrogen-bond acceptors (Lipinski definition) is 7. The molecular formula is C18H24FN5O3S. The Morgan fingerprint density at radius 3 is 2.54 bits per heavy atom. The predicted octanol–water partition coefficient (Wildman–Crippen LogP) is 1.88. The maximum atomic E-state index is 13.6. The first-order valence-electron chi connectivity index (χ1n) is 9.03. The molecule has 1 aromatic heterocycles. The van der Waals surface area contributed by atoms with Gasteiger partial charge >= 0.3 is 0 Å². The third-order valence-electron chi connectivity index (χ3n) is 4.47. The van der Waals surface area contributed by atoms with Crippen molar-refractivity contribution in [1.82, 2.24) is 14.3 Å². The zero-order valence-corrected chi connectivity index (χ0v) is 17.0. The van der Waals surface area contributed by atoms with Crippen LogP contribution in [0.2, 0.25) is 0 Å². The Morgan fingerprint density at radius 1 is 1.18 bits per heavy atom. The minimum atomic E-state index is -3.87. The number of nitrogens with one attached hydrogen (secondary N) is 1. The van der Waals surface area contributed by atoms with Crippen LogP contribution >= 0.6 is 0 Å². The Hall–Kier alpha value is -2.46.